The van der Waals surface area contributed by atoms with Crippen molar-refractivity contribution in [2.24, 2.45) is 0 Å². The lowest BCUT2D eigenvalue weighted by Crippen LogP contribution is -2.61. The number of hydrogen-bond acceptors (Lipinski definition) is 7. The first-order valence-electron chi connectivity index (χ1n) is 6.13. The van der Waals surface area contributed by atoms with Crippen molar-refractivity contribution in [2.75, 3.05) is 6.61 Å². The van der Waals surface area contributed by atoms with Gasteiger partial charge in [-0.15, -0.1) is 0 Å². The quantitative estimate of drug-likeness (QED) is 0.301. The van der Waals surface area contributed by atoms with Crippen molar-refractivity contribution in [1.82, 2.24) is 5.32 Å². The number of carbonyl (C=O) groups excluding carboxylic acids is 1. The lowest BCUT2D eigenvalue weighted by Gasteiger charge is -2.38. The molecular weight excluding hydrogens is 380 g/mol. The van der Waals surface area contributed by atoms with Gasteiger partial charge in [0.25, 0.3) is 9.70 Å². The van der Waals surface area contributed by atoms with Crippen LogP contribution < -0.4 is 5.32 Å². The van der Waals surface area contributed by atoms with E-state index in [2.05, 4.69) is 5.32 Å². The molecule has 0 unspecified atom stereocenters. The smallest absolute Gasteiger partial charge is 0.370 e. The molecule has 132 valence electrons. The van der Waals surface area contributed by atoms with Gasteiger partial charge in [-0.1, -0.05) is 34.8 Å². The standard InChI is InChI=1S/C11H14Cl3NO8/c12-11(13,14)10(22)15-6-3(17)1-5(9(20)21)23-8(6)7(19)4(18)2-16/h1,3-4,6-8,16-19H,2H2,(H,15,22)(H,20,21)/t3-,4+,6+,7+,8+/m0/s1. The largest absolute Gasteiger partial charge is 0.478 e. The number of carbonyl (C=O) groups is 2. The molecule has 0 bridgehead atoms. The van der Waals surface area contributed by atoms with Crippen LogP contribution >= 0.6 is 34.8 Å². The minimum absolute atomic E-state index is 0.717. The van der Waals surface area contributed by atoms with Gasteiger partial charge in [0.05, 0.1) is 12.6 Å². The number of aliphatic hydroxyl groups excluding tert-OH is 4. The highest BCUT2D eigenvalue weighted by Gasteiger charge is 2.45. The molecule has 1 aliphatic rings. The fourth-order valence-corrected chi connectivity index (χ4v) is 2.01. The minimum atomic E-state index is -2.39. The third kappa shape index (κ3) is 5.08. The van der Waals surface area contributed by atoms with Gasteiger partial charge >= 0.3 is 5.97 Å². The van der Waals surface area contributed by atoms with Crippen molar-refractivity contribution in [1.29, 1.82) is 0 Å². The summed E-state index contributed by atoms with van der Waals surface area (Å²) in [6.45, 7) is -0.881. The summed E-state index contributed by atoms with van der Waals surface area (Å²) < 4.78 is 2.58. The van der Waals surface area contributed by atoms with E-state index in [-0.39, 0.29) is 0 Å². The number of aliphatic carboxylic acids is 1. The van der Waals surface area contributed by atoms with Gasteiger partial charge in [-0.3, -0.25) is 4.79 Å². The van der Waals surface area contributed by atoms with E-state index in [9.17, 15) is 24.9 Å². The van der Waals surface area contributed by atoms with Gasteiger partial charge in [0.15, 0.2) is 6.10 Å². The molecule has 23 heavy (non-hydrogen) atoms. The van der Waals surface area contributed by atoms with Crippen LogP contribution in [0, 0.1) is 0 Å². The van der Waals surface area contributed by atoms with Crippen LogP contribution in [0.5, 0.6) is 0 Å². The van der Waals surface area contributed by atoms with E-state index in [0.717, 1.165) is 6.08 Å². The molecule has 1 aliphatic heterocycles. The van der Waals surface area contributed by atoms with E-state index in [1.165, 1.54) is 0 Å². The van der Waals surface area contributed by atoms with E-state index in [0.29, 0.717) is 0 Å². The van der Waals surface area contributed by atoms with Gasteiger partial charge in [-0.05, 0) is 6.08 Å². The predicted molar refractivity (Wildman–Crippen MR) is 77.9 cm³/mol. The van der Waals surface area contributed by atoms with Crippen molar-refractivity contribution in [3.8, 4) is 0 Å². The maximum absolute atomic E-state index is 11.7. The van der Waals surface area contributed by atoms with Gasteiger partial charge in [0, 0.05) is 0 Å². The SMILES string of the molecule is O=C(O)C1=C[C@H](O)[C@@H](NC(=O)C(Cl)(Cl)Cl)[C@H]([C@H](O)[C@H](O)CO)O1. The zero-order valence-electron chi connectivity index (χ0n) is 11.3. The van der Waals surface area contributed by atoms with E-state index in [1.807, 2.05) is 0 Å². The fourth-order valence-electron chi connectivity index (χ4n) is 1.84. The molecule has 9 nitrogen and oxygen atoms in total. The summed E-state index contributed by atoms with van der Waals surface area (Å²) in [7, 11) is 0. The number of amides is 1. The van der Waals surface area contributed by atoms with E-state index < -0.39 is 58.5 Å². The van der Waals surface area contributed by atoms with Crippen LogP contribution in [0.1, 0.15) is 0 Å². The van der Waals surface area contributed by atoms with Crippen LogP contribution in [0.4, 0.5) is 0 Å². The predicted octanol–water partition coefficient (Wildman–Crippen LogP) is -1.72. The number of halogens is 3. The third-order valence-electron chi connectivity index (χ3n) is 2.99. The molecule has 0 aromatic heterocycles. The van der Waals surface area contributed by atoms with Gasteiger partial charge in [0.1, 0.15) is 18.3 Å². The first-order valence-corrected chi connectivity index (χ1v) is 7.27. The Morgan fingerprint density at radius 2 is 1.91 bits per heavy atom. The molecule has 0 saturated carbocycles. The lowest BCUT2D eigenvalue weighted by molar-refractivity contribution is -0.149. The zero-order valence-corrected chi connectivity index (χ0v) is 13.5. The van der Waals surface area contributed by atoms with E-state index in [1.54, 1.807) is 0 Å². The topological polar surface area (TPSA) is 157 Å². The van der Waals surface area contributed by atoms with Crippen molar-refractivity contribution in [2.45, 2.75) is 34.3 Å². The Balaban J connectivity index is 3.10. The highest BCUT2D eigenvalue weighted by atomic mass is 35.6. The number of alkyl halides is 3. The molecule has 0 radical (unpaired) electrons. The first kappa shape index (κ1) is 20.2. The van der Waals surface area contributed by atoms with Gasteiger partial charge in [-0.25, -0.2) is 4.79 Å². The molecule has 0 aromatic rings. The molecule has 1 rings (SSSR count). The second-order valence-electron chi connectivity index (χ2n) is 4.65. The Kier molecular flexibility index (Phi) is 6.90. The number of carboxylic acid groups (broad SMARTS) is 1. The van der Waals surface area contributed by atoms with Crippen LogP contribution in [-0.4, -0.2) is 78.3 Å². The number of nitrogens with one attached hydrogen (secondary N) is 1. The van der Waals surface area contributed by atoms with Crippen molar-refractivity contribution >= 4 is 46.7 Å². The molecule has 5 atom stereocenters. The highest BCUT2D eigenvalue weighted by molar-refractivity contribution is 6.76. The van der Waals surface area contributed by atoms with Gasteiger partial charge in [0.2, 0.25) is 5.76 Å². The number of aliphatic hydroxyl groups is 4. The average Bonchev–Trinajstić information content (AvgIpc) is 2.45. The summed E-state index contributed by atoms with van der Waals surface area (Å²) in [5.41, 5.74) is 0. The van der Waals surface area contributed by atoms with Crippen LogP contribution in [-0.2, 0) is 14.3 Å². The molecule has 1 amide bonds. The van der Waals surface area contributed by atoms with Crippen molar-refractivity contribution in [3.05, 3.63) is 11.8 Å². The zero-order chi connectivity index (χ0) is 17.9. The maximum atomic E-state index is 11.7. The van der Waals surface area contributed by atoms with E-state index >= 15 is 0 Å². The first-order chi connectivity index (χ1) is 10.5. The van der Waals surface area contributed by atoms with Crippen molar-refractivity contribution in [3.63, 3.8) is 0 Å². The van der Waals surface area contributed by atoms with Crippen LogP contribution in [0.25, 0.3) is 0 Å². The Hall–Kier alpha value is -0.810. The molecule has 6 N–H and O–H groups in total. The second kappa shape index (κ2) is 7.84. The fraction of sp³-hybridized carbons (Fsp3) is 0.636. The summed E-state index contributed by atoms with van der Waals surface area (Å²) in [5.74, 6) is -3.44. The summed E-state index contributed by atoms with van der Waals surface area (Å²) in [4.78, 5) is 22.6. The Morgan fingerprint density at radius 1 is 1.35 bits per heavy atom. The van der Waals surface area contributed by atoms with Gasteiger partial charge < -0.3 is 35.6 Å². The lowest BCUT2D eigenvalue weighted by atomic mass is 9.94. The monoisotopic (exact) mass is 393 g/mol. The summed E-state index contributed by atoms with van der Waals surface area (Å²) >= 11 is 16.1. The second-order valence-corrected chi connectivity index (χ2v) is 6.93. The third-order valence-corrected chi connectivity index (χ3v) is 3.51. The summed E-state index contributed by atoms with van der Waals surface area (Å²) in [5, 5.41) is 49.2. The molecule has 0 spiro atoms. The molecule has 0 fully saturated rings. The van der Waals surface area contributed by atoms with Crippen molar-refractivity contribution < 1.29 is 39.9 Å². The Labute approximate surface area is 145 Å². The van der Waals surface area contributed by atoms with E-state index in [4.69, 9.17) is 49.8 Å². The molecule has 0 aromatic carbocycles. The molecule has 0 aliphatic carbocycles. The molecular formula is C11H14Cl3NO8. The average molecular weight is 395 g/mol. The van der Waals surface area contributed by atoms with Gasteiger partial charge in [-0.2, -0.15) is 0 Å². The minimum Gasteiger partial charge on any atom is -0.478 e. The normalized spacial score (nSPS) is 27.4. The molecule has 12 heteroatoms. The molecule has 0 saturated heterocycles. The Morgan fingerprint density at radius 3 is 2.35 bits per heavy atom. The maximum Gasteiger partial charge on any atom is 0.370 e. The van der Waals surface area contributed by atoms with Crippen LogP contribution in [0.15, 0.2) is 11.8 Å². The number of hydrogen-bond donors (Lipinski definition) is 6. The Bertz CT molecular complexity index is 494. The highest BCUT2D eigenvalue weighted by Crippen LogP contribution is 2.28. The number of carboxylic acids is 1. The van der Waals surface area contributed by atoms with Crippen LogP contribution in [0.2, 0.25) is 0 Å². The summed E-state index contributed by atoms with van der Waals surface area (Å²) in [6, 6.07) is -1.45. The number of rotatable bonds is 5. The van der Waals surface area contributed by atoms with Crippen LogP contribution in [0.3, 0.4) is 0 Å². The number of ether oxygens (including phenoxy) is 1. The summed E-state index contributed by atoms with van der Waals surface area (Å²) in [6.07, 6.45) is -6.07. The molecule has 1 heterocycles.